The van der Waals surface area contributed by atoms with Crippen LogP contribution in [0.2, 0.25) is 0 Å². The van der Waals surface area contributed by atoms with E-state index in [0.29, 0.717) is 0 Å². The number of hydrogen-bond acceptors (Lipinski definition) is 5. The van der Waals surface area contributed by atoms with Crippen LogP contribution in [0, 0.1) is 10.1 Å². The van der Waals surface area contributed by atoms with Gasteiger partial charge in [-0.2, -0.15) is 12.8 Å². The summed E-state index contributed by atoms with van der Waals surface area (Å²) in [6.07, 6.45) is 0. The largest absolute Gasteiger partial charge is 0.290 e. The summed E-state index contributed by atoms with van der Waals surface area (Å²) in [5.41, 5.74) is -0.784. The van der Waals surface area contributed by atoms with Crippen molar-refractivity contribution < 1.29 is 18.1 Å². The number of ketones is 1. The Morgan fingerprint density at radius 1 is 1.23 bits per heavy atom. The van der Waals surface area contributed by atoms with Crippen LogP contribution in [0.25, 0.3) is 0 Å². The average molecular weight is 460 g/mol. The first-order chi connectivity index (χ1) is 11.7. The zero-order valence-corrected chi connectivity index (χ0v) is 17.0. The van der Waals surface area contributed by atoms with Gasteiger partial charge in [-0.15, -0.1) is 11.6 Å². The maximum absolute atomic E-state index is 12.6. The lowest BCUT2D eigenvalue weighted by Gasteiger charge is -2.38. The van der Waals surface area contributed by atoms with E-state index < -0.39 is 45.6 Å². The van der Waals surface area contributed by atoms with E-state index in [1.165, 1.54) is 19.9 Å². The summed E-state index contributed by atoms with van der Waals surface area (Å²) >= 11 is 24.2. The van der Waals surface area contributed by atoms with Gasteiger partial charge in [0.1, 0.15) is 4.87 Å². The quantitative estimate of drug-likeness (QED) is 0.385. The molecule has 1 aromatic carbocycles. The summed E-state index contributed by atoms with van der Waals surface area (Å²) in [6, 6.07) is 4.29. The molecule has 7 nitrogen and oxygen atoms in total. The van der Waals surface area contributed by atoms with Gasteiger partial charge in [0.15, 0.2) is 0 Å². The Kier molecular flexibility index (Phi) is 5.49. The first kappa shape index (κ1) is 21.1. The normalized spacial score (nSPS) is 24.8. The highest BCUT2D eigenvalue weighted by molar-refractivity contribution is 7.90. The Morgan fingerprint density at radius 3 is 2.35 bits per heavy atom. The highest BCUT2D eigenvalue weighted by Gasteiger charge is 2.58. The molecule has 0 amide bonds. The number of hydrogen-bond donors (Lipinski definition) is 0. The number of non-ortho nitro benzene ring substituents is 1. The summed E-state index contributed by atoms with van der Waals surface area (Å²) in [6.45, 7) is 2.56. The Hall–Kier alpha value is -1.19. The molecule has 0 aromatic heterocycles. The van der Waals surface area contributed by atoms with Crippen LogP contribution in [0.5, 0.6) is 0 Å². The zero-order valence-electron chi connectivity index (χ0n) is 13.2. The first-order valence-corrected chi connectivity index (χ1v) is 9.77. The second-order valence-electron chi connectivity index (χ2n) is 5.51. The number of nitrogens with zero attached hydrogens (tertiary/aromatic N) is 2. The Morgan fingerprint density at radius 2 is 1.81 bits per heavy atom. The van der Waals surface area contributed by atoms with Crippen molar-refractivity contribution in [3.8, 4) is 0 Å². The van der Waals surface area contributed by atoms with Crippen molar-refractivity contribution in [2.75, 3.05) is 0 Å². The predicted molar refractivity (Wildman–Crippen MR) is 100.0 cm³/mol. The van der Waals surface area contributed by atoms with E-state index in [4.69, 9.17) is 46.4 Å². The van der Waals surface area contributed by atoms with Gasteiger partial charge in [-0.25, -0.2) is 0 Å². The number of nitro groups is 1. The Balaban J connectivity index is 2.72. The summed E-state index contributed by atoms with van der Waals surface area (Å²) < 4.78 is 26.6. The van der Waals surface area contributed by atoms with E-state index in [1.54, 1.807) is 0 Å². The van der Waals surface area contributed by atoms with E-state index >= 15 is 0 Å². The van der Waals surface area contributed by atoms with Crippen LogP contribution < -0.4 is 0 Å². The molecule has 0 radical (unpaired) electrons. The zero-order chi connectivity index (χ0) is 20.1. The lowest BCUT2D eigenvalue weighted by Crippen LogP contribution is -2.55. The van der Waals surface area contributed by atoms with Crippen LogP contribution >= 0.6 is 46.4 Å². The minimum atomic E-state index is -4.43. The minimum Gasteiger partial charge on any atom is -0.290 e. The number of benzene rings is 1. The van der Waals surface area contributed by atoms with Crippen molar-refractivity contribution in [3.63, 3.8) is 0 Å². The molecule has 0 N–H and O–H groups in total. The molecule has 26 heavy (non-hydrogen) atoms. The van der Waals surface area contributed by atoms with Crippen LogP contribution in [0.1, 0.15) is 13.8 Å². The molecule has 0 saturated carbocycles. The van der Waals surface area contributed by atoms with Gasteiger partial charge in [0, 0.05) is 12.1 Å². The maximum Gasteiger partial charge on any atom is 0.282 e. The molecular formula is C14H10Cl4N2O5S. The minimum absolute atomic E-state index is 0.0138. The van der Waals surface area contributed by atoms with E-state index in [0.717, 1.165) is 18.2 Å². The maximum atomic E-state index is 12.6. The fourth-order valence-corrected chi connectivity index (χ4v) is 4.41. The van der Waals surface area contributed by atoms with Crippen molar-refractivity contribution in [1.29, 1.82) is 0 Å². The lowest BCUT2D eigenvalue weighted by atomic mass is 9.86. The first-order valence-electron chi connectivity index (χ1n) is 6.81. The van der Waals surface area contributed by atoms with Gasteiger partial charge in [0.05, 0.1) is 20.6 Å². The number of halogens is 4. The van der Waals surface area contributed by atoms with Gasteiger partial charge in [-0.3, -0.25) is 14.9 Å². The second-order valence-corrected chi connectivity index (χ2v) is 9.58. The fraction of sp³-hybridized carbons (Fsp3) is 0.286. The molecule has 1 aliphatic carbocycles. The SMILES string of the molecule is CC1=C(Cl)C(=O)C(Cl)(Cl)C(C)(Cl)C1=NS(=O)(=O)c1cccc([N+](=O)[O-])c1. The lowest BCUT2D eigenvalue weighted by molar-refractivity contribution is -0.385. The molecule has 140 valence electrons. The smallest absolute Gasteiger partial charge is 0.282 e. The molecule has 12 heteroatoms. The van der Waals surface area contributed by atoms with Crippen molar-refractivity contribution in [3.05, 3.63) is 45.0 Å². The molecule has 1 aromatic rings. The molecule has 0 saturated heterocycles. The molecule has 2 rings (SSSR count). The summed E-state index contributed by atoms with van der Waals surface area (Å²) in [4.78, 5) is 19.9. The van der Waals surface area contributed by atoms with Gasteiger partial charge in [-0.05, 0) is 25.5 Å². The predicted octanol–water partition coefficient (Wildman–Crippen LogP) is 3.99. The molecule has 1 aliphatic rings. The highest BCUT2D eigenvalue weighted by atomic mass is 35.5. The summed E-state index contributed by atoms with van der Waals surface area (Å²) in [5, 5.41) is 10.4. The van der Waals surface area contributed by atoms with Crippen LogP contribution in [0.4, 0.5) is 5.69 Å². The Bertz CT molecular complexity index is 983. The van der Waals surface area contributed by atoms with Gasteiger partial charge < -0.3 is 0 Å². The van der Waals surface area contributed by atoms with Gasteiger partial charge >= 0.3 is 0 Å². The third-order valence-electron chi connectivity index (χ3n) is 3.74. The third-order valence-corrected chi connectivity index (χ3v) is 7.22. The van der Waals surface area contributed by atoms with Gasteiger partial charge in [0.2, 0.25) is 10.1 Å². The number of carbonyl (C=O) groups excluding carboxylic acids is 1. The third kappa shape index (κ3) is 3.36. The number of Topliss-reactive ketones (excluding diaryl/α,β-unsaturated/α-hetero) is 1. The topological polar surface area (TPSA) is 107 Å². The molecule has 0 aliphatic heterocycles. The van der Waals surface area contributed by atoms with Crippen molar-refractivity contribution in [2.45, 2.75) is 28.0 Å². The average Bonchev–Trinajstić information content (AvgIpc) is 2.56. The van der Waals surface area contributed by atoms with E-state index in [1.807, 2.05) is 0 Å². The van der Waals surface area contributed by atoms with Crippen molar-refractivity contribution in [2.24, 2.45) is 4.40 Å². The van der Waals surface area contributed by atoms with Crippen molar-refractivity contribution >= 4 is 73.6 Å². The van der Waals surface area contributed by atoms with Gasteiger partial charge in [0.25, 0.3) is 15.7 Å². The number of sulfonamides is 1. The Labute approximate surface area is 168 Å². The summed E-state index contributed by atoms with van der Waals surface area (Å²) in [5.74, 6) is -0.885. The van der Waals surface area contributed by atoms with Crippen LogP contribution in [0.15, 0.2) is 44.2 Å². The number of alkyl halides is 3. The van der Waals surface area contributed by atoms with E-state index in [2.05, 4.69) is 4.40 Å². The second kappa shape index (κ2) is 6.76. The molecule has 0 fully saturated rings. The van der Waals surface area contributed by atoms with E-state index in [-0.39, 0.29) is 11.3 Å². The number of nitro benzene ring substituents is 1. The molecule has 0 heterocycles. The molecule has 0 spiro atoms. The van der Waals surface area contributed by atoms with Crippen LogP contribution in [-0.2, 0) is 14.8 Å². The van der Waals surface area contributed by atoms with Crippen LogP contribution in [0.3, 0.4) is 0 Å². The number of carbonyl (C=O) groups is 1. The monoisotopic (exact) mass is 458 g/mol. The molecular weight excluding hydrogens is 450 g/mol. The van der Waals surface area contributed by atoms with Crippen molar-refractivity contribution in [1.82, 2.24) is 0 Å². The number of allylic oxidation sites excluding steroid dienone is 2. The fourth-order valence-electron chi connectivity index (χ4n) is 2.21. The van der Waals surface area contributed by atoms with E-state index in [9.17, 15) is 23.3 Å². The molecule has 1 atom stereocenters. The molecule has 1 unspecified atom stereocenters. The highest BCUT2D eigenvalue weighted by Crippen LogP contribution is 2.48. The van der Waals surface area contributed by atoms with Gasteiger partial charge in [-0.1, -0.05) is 40.9 Å². The van der Waals surface area contributed by atoms with Crippen LogP contribution in [-0.4, -0.2) is 34.0 Å². The molecule has 0 bridgehead atoms. The summed E-state index contributed by atoms with van der Waals surface area (Å²) in [7, 11) is -4.43. The standard InChI is InChI=1S/C14H10Cl4N2O5S/c1-7-10(15)12(21)14(17,18)13(2,16)11(7)19-26(24,25)9-5-3-4-8(6-9)20(22)23/h3-6H,1-2H3. The number of rotatable bonds is 3.